The fourth-order valence-corrected chi connectivity index (χ4v) is 4.78. The van der Waals surface area contributed by atoms with Gasteiger partial charge in [0.1, 0.15) is 5.75 Å². The van der Waals surface area contributed by atoms with Gasteiger partial charge in [-0.1, -0.05) is 44.2 Å². The lowest BCUT2D eigenvalue weighted by Gasteiger charge is -2.37. The number of fused-ring (bicyclic) bond motifs is 1. The molecule has 0 unspecified atom stereocenters. The lowest BCUT2D eigenvalue weighted by molar-refractivity contribution is -0.138. The first-order valence-electron chi connectivity index (χ1n) is 11.0. The van der Waals surface area contributed by atoms with E-state index in [1.807, 2.05) is 42.5 Å². The number of amides is 1. The standard InChI is InChI=1S/C26H28N2O5/c1-26(2)14-18-24(20(29)15-26)25(16-8-4-7-11-21(16)33-3)28(22(30)12-13-23(31)32)19-10-6-5-9-17(19)27-18/h4-11,25,27H,12-15H2,1-3H3,(H,31,32)/t25-/m1/s1. The minimum Gasteiger partial charge on any atom is -0.496 e. The van der Waals surface area contributed by atoms with Crippen molar-refractivity contribution in [1.29, 1.82) is 0 Å². The second-order valence-corrected chi connectivity index (χ2v) is 9.28. The van der Waals surface area contributed by atoms with Crippen LogP contribution in [0.1, 0.15) is 51.1 Å². The van der Waals surface area contributed by atoms with Gasteiger partial charge in [0.25, 0.3) is 0 Å². The van der Waals surface area contributed by atoms with Crippen molar-refractivity contribution >= 4 is 29.0 Å². The Labute approximate surface area is 193 Å². The first kappa shape index (κ1) is 22.6. The van der Waals surface area contributed by atoms with Crippen molar-refractivity contribution in [3.8, 4) is 5.75 Å². The number of aliphatic carboxylic acids is 1. The number of carbonyl (C=O) groups is 3. The Morgan fingerprint density at radius 3 is 2.52 bits per heavy atom. The average molecular weight is 449 g/mol. The number of nitrogens with one attached hydrogen (secondary N) is 1. The maximum atomic E-state index is 13.6. The Balaban J connectivity index is 1.99. The Morgan fingerprint density at radius 2 is 1.79 bits per heavy atom. The van der Waals surface area contributed by atoms with Crippen LogP contribution in [0, 0.1) is 5.41 Å². The molecule has 0 fully saturated rings. The quantitative estimate of drug-likeness (QED) is 0.688. The zero-order valence-corrected chi connectivity index (χ0v) is 19.1. The summed E-state index contributed by atoms with van der Waals surface area (Å²) in [7, 11) is 1.55. The molecule has 0 radical (unpaired) electrons. The second-order valence-electron chi connectivity index (χ2n) is 9.28. The lowest BCUT2D eigenvalue weighted by atomic mass is 9.73. The largest absolute Gasteiger partial charge is 0.496 e. The van der Waals surface area contributed by atoms with Crippen molar-refractivity contribution in [3.63, 3.8) is 0 Å². The van der Waals surface area contributed by atoms with Crippen LogP contribution in [0.25, 0.3) is 0 Å². The van der Waals surface area contributed by atoms with E-state index < -0.39 is 12.0 Å². The summed E-state index contributed by atoms with van der Waals surface area (Å²) in [6.07, 6.45) is 0.520. The summed E-state index contributed by atoms with van der Waals surface area (Å²) in [5.74, 6) is -0.890. The number of rotatable bonds is 5. The highest BCUT2D eigenvalue weighted by Gasteiger charge is 2.43. The molecule has 0 bridgehead atoms. The first-order valence-corrected chi connectivity index (χ1v) is 11.0. The van der Waals surface area contributed by atoms with Gasteiger partial charge in [-0.25, -0.2) is 0 Å². The van der Waals surface area contributed by atoms with Crippen LogP contribution >= 0.6 is 0 Å². The number of anilines is 2. The molecule has 7 heteroatoms. The van der Waals surface area contributed by atoms with Gasteiger partial charge in [0, 0.05) is 29.7 Å². The van der Waals surface area contributed by atoms with E-state index in [9.17, 15) is 19.5 Å². The number of ether oxygens (including phenoxy) is 1. The molecule has 0 saturated heterocycles. The maximum absolute atomic E-state index is 13.6. The molecule has 1 aliphatic heterocycles. The molecule has 1 atom stereocenters. The van der Waals surface area contributed by atoms with Gasteiger partial charge in [0.15, 0.2) is 5.78 Å². The topological polar surface area (TPSA) is 95.9 Å². The van der Waals surface area contributed by atoms with Crippen LogP contribution in [0.5, 0.6) is 5.75 Å². The number of Topliss-reactive ketones (excluding diaryl/α,β-unsaturated/α-hetero) is 1. The Bertz CT molecular complexity index is 1150. The van der Waals surface area contributed by atoms with E-state index in [4.69, 9.17) is 4.74 Å². The minimum absolute atomic E-state index is 0.0338. The SMILES string of the molecule is COc1ccccc1[C@@H]1C2=C(CC(C)(C)CC2=O)Nc2ccccc2N1C(=O)CCC(=O)O. The average Bonchev–Trinajstić information content (AvgIpc) is 2.90. The van der Waals surface area contributed by atoms with E-state index >= 15 is 0 Å². The molecule has 2 aromatic carbocycles. The predicted molar refractivity (Wildman–Crippen MR) is 125 cm³/mol. The van der Waals surface area contributed by atoms with E-state index in [-0.39, 0.29) is 29.9 Å². The molecule has 1 aliphatic carbocycles. The van der Waals surface area contributed by atoms with Gasteiger partial charge in [-0.05, 0) is 30.0 Å². The molecule has 172 valence electrons. The van der Waals surface area contributed by atoms with Gasteiger partial charge < -0.3 is 15.2 Å². The van der Waals surface area contributed by atoms with Crippen molar-refractivity contribution < 1.29 is 24.2 Å². The lowest BCUT2D eigenvalue weighted by Crippen LogP contribution is -2.39. The molecular weight excluding hydrogens is 420 g/mol. The van der Waals surface area contributed by atoms with E-state index in [1.165, 1.54) is 0 Å². The van der Waals surface area contributed by atoms with E-state index in [2.05, 4.69) is 19.2 Å². The van der Waals surface area contributed by atoms with Gasteiger partial charge >= 0.3 is 5.97 Å². The Kier molecular flexibility index (Phi) is 5.97. The smallest absolute Gasteiger partial charge is 0.303 e. The summed E-state index contributed by atoms with van der Waals surface area (Å²) in [5.41, 5.74) is 3.07. The number of methoxy groups -OCH3 is 1. The van der Waals surface area contributed by atoms with Crippen LogP contribution in [0.3, 0.4) is 0 Å². The molecule has 0 spiro atoms. The summed E-state index contributed by atoms with van der Waals surface area (Å²) in [4.78, 5) is 40.0. The number of para-hydroxylation sites is 3. The maximum Gasteiger partial charge on any atom is 0.303 e. The number of benzene rings is 2. The molecule has 0 aromatic heterocycles. The molecule has 0 saturated carbocycles. The number of hydrogen-bond acceptors (Lipinski definition) is 5. The summed E-state index contributed by atoms with van der Waals surface area (Å²) < 4.78 is 5.62. The molecule has 2 aromatic rings. The van der Waals surface area contributed by atoms with Crippen molar-refractivity contribution in [2.24, 2.45) is 5.41 Å². The van der Waals surface area contributed by atoms with Crippen molar-refractivity contribution in [2.45, 2.75) is 45.6 Å². The third kappa shape index (κ3) is 4.35. The Hall–Kier alpha value is -3.61. The number of carboxylic acids is 1. The zero-order valence-electron chi connectivity index (χ0n) is 19.1. The van der Waals surface area contributed by atoms with Gasteiger partial charge in [-0.3, -0.25) is 19.3 Å². The van der Waals surface area contributed by atoms with Crippen LogP contribution in [0.2, 0.25) is 0 Å². The van der Waals surface area contributed by atoms with Crippen molar-refractivity contribution in [3.05, 3.63) is 65.4 Å². The van der Waals surface area contributed by atoms with Gasteiger partial charge in [-0.15, -0.1) is 0 Å². The predicted octanol–water partition coefficient (Wildman–Crippen LogP) is 4.70. The zero-order chi connectivity index (χ0) is 23.8. The van der Waals surface area contributed by atoms with Crippen LogP contribution in [0.4, 0.5) is 11.4 Å². The number of ketones is 1. The van der Waals surface area contributed by atoms with Crippen LogP contribution in [0.15, 0.2) is 59.8 Å². The third-order valence-corrected chi connectivity index (χ3v) is 6.16. The normalized spacial score (nSPS) is 19.2. The molecule has 7 nitrogen and oxygen atoms in total. The van der Waals surface area contributed by atoms with E-state index in [0.29, 0.717) is 41.1 Å². The minimum atomic E-state index is -1.05. The highest BCUT2D eigenvalue weighted by molar-refractivity contribution is 6.06. The second kappa shape index (κ2) is 8.73. The van der Waals surface area contributed by atoms with Crippen LogP contribution < -0.4 is 15.0 Å². The molecule has 2 aliphatic rings. The number of nitrogens with zero attached hydrogens (tertiary/aromatic N) is 1. The summed E-state index contributed by atoms with van der Waals surface area (Å²) in [6.45, 7) is 4.11. The number of allylic oxidation sites excluding steroid dienone is 1. The number of carboxylic acid groups (broad SMARTS) is 1. The van der Waals surface area contributed by atoms with Gasteiger partial charge in [0.2, 0.25) is 5.91 Å². The molecule has 2 N–H and O–H groups in total. The molecule has 4 rings (SSSR count). The molecular formula is C26H28N2O5. The monoisotopic (exact) mass is 448 g/mol. The summed E-state index contributed by atoms with van der Waals surface area (Å²) in [6, 6.07) is 14.0. The van der Waals surface area contributed by atoms with Crippen molar-refractivity contribution in [1.82, 2.24) is 0 Å². The van der Waals surface area contributed by atoms with Gasteiger partial charge in [-0.2, -0.15) is 0 Å². The number of carbonyl (C=O) groups excluding carboxylic acids is 2. The van der Waals surface area contributed by atoms with Crippen LogP contribution in [-0.2, 0) is 14.4 Å². The van der Waals surface area contributed by atoms with E-state index in [1.54, 1.807) is 18.1 Å². The Morgan fingerprint density at radius 1 is 1.09 bits per heavy atom. The van der Waals surface area contributed by atoms with Crippen molar-refractivity contribution in [2.75, 3.05) is 17.3 Å². The fraction of sp³-hybridized carbons (Fsp3) is 0.346. The fourth-order valence-electron chi connectivity index (χ4n) is 4.78. The third-order valence-electron chi connectivity index (χ3n) is 6.16. The molecule has 1 amide bonds. The molecule has 1 heterocycles. The van der Waals surface area contributed by atoms with Gasteiger partial charge in [0.05, 0.1) is 30.9 Å². The summed E-state index contributed by atoms with van der Waals surface area (Å²) >= 11 is 0. The summed E-state index contributed by atoms with van der Waals surface area (Å²) in [5, 5.41) is 12.6. The number of hydrogen-bond donors (Lipinski definition) is 2. The molecule has 33 heavy (non-hydrogen) atoms. The first-order chi connectivity index (χ1) is 15.7. The highest BCUT2D eigenvalue weighted by atomic mass is 16.5. The van der Waals surface area contributed by atoms with Crippen LogP contribution in [-0.4, -0.2) is 29.9 Å². The van der Waals surface area contributed by atoms with E-state index in [0.717, 1.165) is 5.70 Å². The highest BCUT2D eigenvalue weighted by Crippen LogP contribution is 2.49.